The third-order valence-corrected chi connectivity index (χ3v) is 7.24. The zero-order chi connectivity index (χ0) is 28.1. The van der Waals surface area contributed by atoms with Crippen LogP contribution >= 0.6 is 0 Å². The van der Waals surface area contributed by atoms with Crippen LogP contribution in [0.25, 0.3) is 0 Å². The maximum absolute atomic E-state index is 13.6. The minimum atomic E-state index is -4.55. The molecule has 1 atom stereocenters. The Hall–Kier alpha value is -3.58. The van der Waals surface area contributed by atoms with E-state index in [-0.39, 0.29) is 49.8 Å². The van der Waals surface area contributed by atoms with Crippen molar-refractivity contribution in [3.05, 3.63) is 65.7 Å². The highest BCUT2D eigenvalue weighted by Gasteiger charge is 2.42. The molecule has 13 heteroatoms. The fourth-order valence-corrected chi connectivity index (χ4v) is 5.22. The number of hydrogen-bond acceptors (Lipinski definition) is 7. The molecular formula is C25H29F2N3O7S. The van der Waals surface area contributed by atoms with Gasteiger partial charge in [-0.15, -0.1) is 0 Å². The first-order valence-corrected chi connectivity index (χ1v) is 13.1. The van der Waals surface area contributed by atoms with E-state index < -0.39 is 45.5 Å². The summed E-state index contributed by atoms with van der Waals surface area (Å²) in [6.45, 7) is 3.98. The minimum absolute atomic E-state index is 0.0517. The van der Waals surface area contributed by atoms with Crippen LogP contribution in [0, 0.1) is 11.6 Å². The van der Waals surface area contributed by atoms with E-state index in [0.717, 1.165) is 16.4 Å². The van der Waals surface area contributed by atoms with E-state index in [9.17, 15) is 31.6 Å². The second-order valence-corrected chi connectivity index (χ2v) is 10.7. The van der Waals surface area contributed by atoms with Crippen molar-refractivity contribution in [1.29, 1.82) is 0 Å². The van der Waals surface area contributed by atoms with Gasteiger partial charge in [0.2, 0.25) is 5.91 Å². The molecule has 0 spiro atoms. The normalized spacial score (nSPS) is 16.6. The molecule has 1 fully saturated rings. The van der Waals surface area contributed by atoms with Crippen LogP contribution in [0.5, 0.6) is 5.75 Å². The van der Waals surface area contributed by atoms with Crippen molar-refractivity contribution in [2.45, 2.75) is 38.8 Å². The molecule has 1 heterocycles. The third kappa shape index (κ3) is 7.25. The Morgan fingerprint density at radius 2 is 1.74 bits per heavy atom. The smallest absolute Gasteiger partial charge is 0.388 e. The largest absolute Gasteiger partial charge is 0.478 e. The van der Waals surface area contributed by atoms with Crippen LogP contribution in [-0.2, 0) is 24.1 Å². The highest BCUT2D eigenvalue weighted by Crippen LogP contribution is 2.25. The zero-order valence-corrected chi connectivity index (χ0v) is 22.0. The molecule has 1 N–H and O–H groups in total. The molecule has 0 aliphatic carbocycles. The summed E-state index contributed by atoms with van der Waals surface area (Å²) in [7, 11) is -4.55. The average Bonchev–Trinajstić information content (AvgIpc) is 2.85. The monoisotopic (exact) mass is 553 g/mol. The molecule has 1 unspecified atom stereocenters. The maximum atomic E-state index is 13.6. The van der Waals surface area contributed by atoms with Gasteiger partial charge in [-0.05, 0) is 44.5 Å². The van der Waals surface area contributed by atoms with Gasteiger partial charge in [0.1, 0.15) is 5.75 Å². The number of ether oxygens (including phenoxy) is 1. The summed E-state index contributed by atoms with van der Waals surface area (Å²) in [6, 6.07) is 9.67. The van der Waals surface area contributed by atoms with Crippen LogP contribution in [0.1, 0.15) is 37.6 Å². The average molecular weight is 554 g/mol. The van der Waals surface area contributed by atoms with E-state index in [0.29, 0.717) is 0 Å². The van der Waals surface area contributed by atoms with Gasteiger partial charge in [0.05, 0.1) is 5.56 Å². The lowest BCUT2D eigenvalue weighted by Crippen LogP contribution is -2.61. The van der Waals surface area contributed by atoms with E-state index in [2.05, 4.69) is 5.32 Å². The predicted molar refractivity (Wildman–Crippen MR) is 132 cm³/mol. The Balaban J connectivity index is 1.76. The molecule has 206 valence electrons. The number of amides is 2. The van der Waals surface area contributed by atoms with Crippen molar-refractivity contribution in [2.24, 2.45) is 0 Å². The van der Waals surface area contributed by atoms with Crippen LogP contribution in [0.3, 0.4) is 0 Å². The zero-order valence-electron chi connectivity index (χ0n) is 21.1. The number of halogens is 2. The van der Waals surface area contributed by atoms with E-state index >= 15 is 0 Å². The summed E-state index contributed by atoms with van der Waals surface area (Å²) < 4.78 is 64.5. The van der Waals surface area contributed by atoms with Gasteiger partial charge in [0.25, 0.3) is 5.91 Å². The fraction of sp³-hybridized carbons (Fsp3) is 0.400. The molecule has 1 saturated heterocycles. The van der Waals surface area contributed by atoms with Gasteiger partial charge in [0, 0.05) is 45.2 Å². The first kappa shape index (κ1) is 29.0. The van der Waals surface area contributed by atoms with Gasteiger partial charge in [-0.3, -0.25) is 9.59 Å². The quantitative estimate of drug-likeness (QED) is 0.506. The van der Waals surface area contributed by atoms with Gasteiger partial charge in [-0.2, -0.15) is 12.7 Å². The second kappa shape index (κ2) is 11.9. The van der Waals surface area contributed by atoms with Crippen molar-refractivity contribution in [3.63, 3.8) is 0 Å². The molecule has 0 radical (unpaired) electrons. The van der Waals surface area contributed by atoms with Crippen molar-refractivity contribution in [3.8, 4) is 5.75 Å². The van der Waals surface area contributed by atoms with Crippen molar-refractivity contribution < 1.29 is 40.5 Å². The Kier molecular flexibility index (Phi) is 9.05. The number of piperazine rings is 1. The molecular weight excluding hydrogens is 524 g/mol. The standard InChI is InChI=1S/C25H29F2N3O7S/c1-17(31)28-12-11-19-16-29(24(33)25(2,3)36-20-9-10-21(26)22(27)15-20)13-14-30(19)38(34,35)37-23(32)18-7-5-4-6-8-18/h4-10,15,19H,11-14,16H2,1-3H3,(H,28,31). The van der Waals surface area contributed by atoms with Crippen LogP contribution < -0.4 is 10.1 Å². The van der Waals surface area contributed by atoms with E-state index in [4.69, 9.17) is 8.92 Å². The molecule has 0 aromatic heterocycles. The van der Waals surface area contributed by atoms with Crippen LogP contribution in [0.4, 0.5) is 8.78 Å². The predicted octanol–water partition coefficient (Wildman–Crippen LogP) is 2.26. The van der Waals surface area contributed by atoms with Gasteiger partial charge in [0.15, 0.2) is 17.2 Å². The Morgan fingerprint density at radius 1 is 1.05 bits per heavy atom. The molecule has 38 heavy (non-hydrogen) atoms. The van der Waals surface area contributed by atoms with Crippen molar-refractivity contribution in [1.82, 2.24) is 14.5 Å². The fourth-order valence-electron chi connectivity index (χ4n) is 3.99. The van der Waals surface area contributed by atoms with Crippen LogP contribution in [0.15, 0.2) is 48.5 Å². The molecule has 0 bridgehead atoms. The highest BCUT2D eigenvalue weighted by molar-refractivity contribution is 7.84. The van der Waals surface area contributed by atoms with Gasteiger partial charge >= 0.3 is 16.3 Å². The topological polar surface area (TPSA) is 122 Å². The number of carbonyl (C=O) groups is 3. The molecule has 2 amide bonds. The lowest BCUT2D eigenvalue weighted by Gasteiger charge is -2.42. The van der Waals surface area contributed by atoms with Gasteiger partial charge in [-0.1, -0.05) is 18.2 Å². The number of benzene rings is 2. The maximum Gasteiger partial charge on any atom is 0.388 e. The van der Waals surface area contributed by atoms with E-state index in [1.807, 2.05) is 0 Å². The summed E-state index contributed by atoms with van der Waals surface area (Å²) >= 11 is 0. The van der Waals surface area contributed by atoms with Crippen LogP contribution in [-0.4, -0.2) is 73.2 Å². The van der Waals surface area contributed by atoms with Gasteiger partial charge in [-0.25, -0.2) is 13.6 Å². The summed E-state index contributed by atoms with van der Waals surface area (Å²) in [5.41, 5.74) is -1.45. The van der Waals surface area contributed by atoms with E-state index in [1.54, 1.807) is 18.2 Å². The second-order valence-electron chi connectivity index (χ2n) is 9.17. The molecule has 1 aliphatic heterocycles. The molecule has 3 rings (SSSR count). The third-order valence-electron chi connectivity index (χ3n) is 5.82. The number of hydrogen-bond donors (Lipinski definition) is 1. The molecule has 10 nitrogen and oxygen atoms in total. The van der Waals surface area contributed by atoms with E-state index in [1.165, 1.54) is 43.9 Å². The summed E-state index contributed by atoms with van der Waals surface area (Å²) in [6.07, 6.45) is 0.121. The number of nitrogens with zero attached hydrogens (tertiary/aromatic N) is 2. The first-order chi connectivity index (χ1) is 17.8. The van der Waals surface area contributed by atoms with Crippen molar-refractivity contribution in [2.75, 3.05) is 26.2 Å². The molecule has 2 aromatic carbocycles. The molecule has 0 saturated carbocycles. The lowest BCUT2D eigenvalue weighted by molar-refractivity contribution is -0.147. The molecule has 1 aliphatic rings. The summed E-state index contributed by atoms with van der Waals surface area (Å²) in [5.74, 6) is -4.14. The molecule has 2 aromatic rings. The Bertz CT molecular complexity index is 1290. The van der Waals surface area contributed by atoms with Crippen LogP contribution in [0.2, 0.25) is 0 Å². The minimum Gasteiger partial charge on any atom is -0.478 e. The number of carbonyl (C=O) groups excluding carboxylic acids is 3. The lowest BCUT2D eigenvalue weighted by atomic mass is 10.0. The van der Waals surface area contributed by atoms with Gasteiger partial charge < -0.3 is 19.1 Å². The first-order valence-electron chi connectivity index (χ1n) is 11.8. The Morgan fingerprint density at radius 3 is 2.37 bits per heavy atom. The SMILES string of the molecule is CC(=O)NCCC1CN(C(=O)C(C)(C)Oc2ccc(F)c(F)c2)CCN1S(=O)(=O)OC(=O)c1ccccc1. The Labute approximate surface area is 219 Å². The highest BCUT2D eigenvalue weighted by atomic mass is 32.2. The number of rotatable bonds is 9. The summed E-state index contributed by atoms with van der Waals surface area (Å²) in [5, 5.41) is 2.59. The summed E-state index contributed by atoms with van der Waals surface area (Å²) in [4.78, 5) is 38.5. The van der Waals surface area contributed by atoms with Crippen molar-refractivity contribution >= 4 is 28.1 Å². The number of nitrogens with one attached hydrogen (secondary N) is 1.